The topological polar surface area (TPSA) is 34.1 Å². The minimum absolute atomic E-state index is 0.383. The summed E-state index contributed by atoms with van der Waals surface area (Å²) in [5.74, 6) is 0. The summed E-state index contributed by atoms with van der Waals surface area (Å²) < 4.78 is 0. The van der Waals surface area contributed by atoms with Gasteiger partial charge in [-0.3, -0.25) is 9.59 Å². The third-order valence-electron chi connectivity index (χ3n) is 3.02. The van der Waals surface area contributed by atoms with Crippen molar-refractivity contribution in [1.82, 2.24) is 0 Å². The summed E-state index contributed by atoms with van der Waals surface area (Å²) in [5, 5.41) is -1.12. The third kappa shape index (κ3) is 2.00. The second-order valence-corrected chi connectivity index (χ2v) is 4.48. The van der Waals surface area contributed by atoms with E-state index in [2.05, 4.69) is 0 Å². The molecule has 0 atom stereocenters. The van der Waals surface area contributed by atoms with Crippen LogP contribution in [0.25, 0.3) is 0 Å². The molecule has 4 heteroatoms. The molecule has 2 nitrogen and oxygen atoms in total. The predicted molar refractivity (Wildman–Crippen MR) is 65.8 cm³/mol. The maximum Gasteiger partial charge on any atom is 0.252 e. The largest absolute Gasteiger partial charge is 0.276 e. The van der Waals surface area contributed by atoms with E-state index in [1.54, 1.807) is 6.92 Å². The number of benzene rings is 1. The molecule has 0 fully saturated rings. The summed E-state index contributed by atoms with van der Waals surface area (Å²) in [6, 6.07) is 0. The van der Waals surface area contributed by atoms with Gasteiger partial charge in [0, 0.05) is 11.1 Å². The maximum absolute atomic E-state index is 11.3. The van der Waals surface area contributed by atoms with Crippen molar-refractivity contribution in [2.45, 2.75) is 27.7 Å². The van der Waals surface area contributed by atoms with E-state index in [9.17, 15) is 9.59 Å². The smallest absolute Gasteiger partial charge is 0.252 e. The summed E-state index contributed by atoms with van der Waals surface area (Å²) in [7, 11) is 0. The van der Waals surface area contributed by atoms with Crippen LogP contribution >= 0.6 is 23.2 Å². The van der Waals surface area contributed by atoms with Crippen molar-refractivity contribution < 1.29 is 9.59 Å². The van der Waals surface area contributed by atoms with E-state index in [0.29, 0.717) is 16.7 Å². The van der Waals surface area contributed by atoms with Crippen LogP contribution in [-0.2, 0) is 0 Å². The lowest BCUT2D eigenvalue weighted by Gasteiger charge is -2.16. The third-order valence-corrected chi connectivity index (χ3v) is 3.40. The zero-order valence-electron chi connectivity index (χ0n) is 9.57. The number of carbonyl (C=O) groups is 2. The average Bonchev–Trinajstić information content (AvgIpc) is 2.13. The van der Waals surface area contributed by atoms with Crippen LogP contribution in [0.1, 0.15) is 43.0 Å². The van der Waals surface area contributed by atoms with Crippen molar-refractivity contribution in [3.05, 3.63) is 33.4 Å². The first-order valence-corrected chi connectivity index (χ1v) is 5.54. The van der Waals surface area contributed by atoms with E-state index in [4.69, 9.17) is 23.2 Å². The zero-order valence-corrected chi connectivity index (χ0v) is 11.1. The molecule has 0 amide bonds. The van der Waals surface area contributed by atoms with Crippen LogP contribution in [-0.4, -0.2) is 10.5 Å². The molecule has 16 heavy (non-hydrogen) atoms. The van der Waals surface area contributed by atoms with Crippen molar-refractivity contribution in [3.63, 3.8) is 0 Å². The number of hydrogen-bond donors (Lipinski definition) is 0. The van der Waals surface area contributed by atoms with Crippen LogP contribution in [0, 0.1) is 27.7 Å². The average molecular weight is 259 g/mol. The zero-order chi connectivity index (χ0) is 12.6. The Labute approximate surface area is 105 Å². The first-order chi connectivity index (χ1) is 7.29. The molecular weight excluding hydrogens is 247 g/mol. The summed E-state index contributed by atoms with van der Waals surface area (Å²) in [6.45, 7) is 7.16. The highest BCUT2D eigenvalue weighted by molar-refractivity contribution is 6.69. The monoisotopic (exact) mass is 258 g/mol. The van der Waals surface area contributed by atoms with Crippen LogP contribution < -0.4 is 0 Å². The maximum atomic E-state index is 11.3. The number of rotatable bonds is 2. The van der Waals surface area contributed by atoms with Crippen LogP contribution in [0.15, 0.2) is 0 Å². The molecule has 0 bridgehead atoms. The second-order valence-electron chi connectivity index (χ2n) is 3.80. The van der Waals surface area contributed by atoms with Gasteiger partial charge >= 0.3 is 0 Å². The van der Waals surface area contributed by atoms with Gasteiger partial charge in [0.1, 0.15) is 0 Å². The molecule has 86 valence electrons. The van der Waals surface area contributed by atoms with Gasteiger partial charge in [0.25, 0.3) is 10.5 Å². The highest BCUT2D eigenvalue weighted by atomic mass is 35.5. The van der Waals surface area contributed by atoms with Crippen LogP contribution in [0.2, 0.25) is 0 Å². The number of hydrogen-bond acceptors (Lipinski definition) is 2. The van der Waals surface area contributed by atoms with Gasteiger partial charge < -0.3 is 0 Å². The molecule has 1 aromatic rings. The fraction of sp³-hybridized carbons (Fsp3) is 0.333. The molecule has 1 aromatic carbocycles. The SMILES string of the molecule is Cc1c(C)c(C(=O)Cl)c(C)c(C(=O)Cl)c1C. The lowest BCUT2D eigenvalue weighted by atomic mass is 9.90. The van der Waals surface area contributed by atoms with Gasteiger partial charge in [0.2, 0.25) is 0 Å². The Kier molecular flexibility index (Phi) is 3.76. The van der Waals surface area contributed by atoms with E-state index >= 15 is 0 Å². The number of carbonyl (C=O) groups excluding carboxylic acids is 2. The first kappa shape index (κ1) is 13.2. The van der Waals surface area contributed by atoms with E-state index in [1.165, 1.54) is 0 Å². The van der Waals surface area contributed by atoms with E-state index in [-0.39, 0.29) is 0 Å². The molecule has 0 heterocycles. The van der Waals surface area contributed by atoms with Gasteiger partial charge in [-0.1, -0.05) is 0 Å². The van der Waals surface area contributed by atoms with Crippen LogP contribution in [0.3, 0.4) is 0 Å². The molecule has 0 aliphatic heterocycles. The standard InChI is InChI=1S/C12H12Cl2O2/c1-5-6(2)9(11(13)15)8(4)10(7(5)3)12(14)16/h1-4H3. The molecule has 0 aromatic heterocycles. The van der Waals surface area contributed by atoms with E-state index < -0.39 is 10.5 Å². The van der Waals surface area contributed by atoms with Gasteiger partial charge in [-0.15, -0.1) is 0 Å². The molecule has 0 aliphatic rings. The summed E-state index contributed by atoms with van der Waals surface area (Å²) in [4.78, 5) is 22.7. The molecule has 0 saturated heterocycles. The Hall–Kier alpha value is -0.860. The first-order valence-electron chi connectivity index (χ1n) is 4.79. The molecular formula is C12H12Cl2O2. The minimum atomic E-state index is -0.558. The molecule has 0 unspecified atom stereocenters. The van der Waals surface area contributed by atoms with Crippen LogP contribution in [0.4, 0.5) is 0 Å². The summed E-state index contributed by atoms with van der Waals surface area (Å²) in [5.41, 5.74) is 3.80. The van der Waals surface area contributed by atoms with Crippen molar-refractivity contribution in [3.8, 4) is 0 Å². The summed E-state index contributed by atoms with van der Waals surface area (Å²) in [6.07, 6.45) is 0. The Bertz CT molecular complexity index is 449. The normalized spacial score (nSPS) is 10.4. The van der Waals surface area contributed by atoms with Crippen LogP contribution in [0.5, 0.6) is 0 Å². The lowest BCUT2D eigenvalue weighted by Crippen LogP contribution is -2.09. The Morgan fingerprint density at radius 3 is 1.25 bits per heavy atom. The molecule has 0 N–H and O–H groups in total. The highest BCUT2D eigenvalue weighted by Crippen LogP contribution is 2.28. The molecule has 0 radical (unpaired) electrons. The molecule has 1 rings (SSSR count). The minimum Gasteiger partial charge on any atom is -0.276 e. The highest BCUT2D eigenvalue weighted by Gasteiger charge is 2.21. The Morgan fingerprint density at radius 1 is 0.688 bits per heavy atom. The van der Waals surface area contributed by atoms with Crippen molar-refractivity contribution >= 4 is 33.7 Å². The fourth-order valence-corrected chi connectivity index (χ4v) is 2.50. The molecule has 0 aliphatic carbocycles. The van der Waals surface area contributed by atoms with Crippen molar-refractivity contribution in [2.75, 3.05) is 0 Å². The Balaban J connectivity index is 3.80. The summed E-state index contributed by atoms with van der Waals surface area (Å²) >= 11 is 11.0. The van der Waals surface area contributed by atoms with Gasteiger partial charge in [-0.05, 0) is 73.2 Å². The van der Waals surface area contributed by atoms with Gasteiger partial charge in [0.05, 0.1) is 0 Å². The lowest BCUT2D eigenvalue weighted by molar-refractivity contribution is 0.107. The second kappa shape index (κ2) is 4.56. The quantitative estimate of drug-likeness (QED) is 0.759. The van der Waals surface area contributed by atoms with Crippen molar-refractivity contribution in [2.24, 2.45) is 0 Å². The van der Waals surface area contributed by atoms with Gasteiger partial charge in [-0.2, -0.15) is 0 Å². The van der Waals surface area contributed by atoms with Gasteiger partial charge in [-0.25, -0.2) is 0 Å². The van der Waals surface area contributed by atoms with E-state index in [1.807, 2.05) is 20.8 Å². The molecule has 0 spiro atoms. The Morgan fingerprint density at radius 2 is 1.00 bits per heavy atom. The predicted octanol–water partition coefficient (Wildman–Crippen LogP) is 3.68. The van der Waals surface area contributed by atoms with Gasteiger partial charge in [0.15, 0.2) is 0 Å². The fourth-order valence-electron chi connectivity index (χ4n) is 1.93. The number of halogens is 2. The van der Waals surface area contributed by atoms with Crippen molar-refractivity contribution in [1.29, 1.82) is 0 Å². The molecule has 0 saturated carbocycles. The van der Waals surface area contributed by atoms with E-state index in [0.717, 1.165) is 16.7 Å².